The summed E-state index contributed by atoms with van der Waals surface area (Å²) in [7, 11) is 2.56. The van der Waals surface area contributed by atoms with E-state index in [-0.39, 0.29) is 23.2 Å². The topological polar surface area (TPSA) is 82.1 Å². The van der Waals surface area contributed by atoms with E-state index in [0.29, 0.717) is 23.1 Å². The molecule has 2 rings (SSSR count). The van der Waals surface area contributed by atoms with E-state index < -0.39 is 18.0 Å². The van der Waals surface area contributed by atoms with Gasteiger partial charge in [-0.15, -0.1) is 0 Å². The lowest BCUT2D eigenvalue weighted by atomic mass is 9.76. The van der Waals surface area contributed by atoms with Crippen LogP contribution in [0.4, 0.5) is 0 Å². The van der Waals surface area contributed by atoms with E-state index in [1.807, 2.05) is 0 Å². The molecule has 0 fully saturated rings. The molecule has 2 aliphatic rings. The Labute approximate surface area is 130 Å². The van der Waals surface area contributed by atoms with Gasteiger partial charge in [-0.2, -0.15) is 0 Å². The van der Waals surface area contributed by atoms with Crippen LogP contribution in [0.2, 0.25) is 0 Å². The van der Waals surface area contributed by atoms with Gasteiger partial charge in [-0.25, -0.2) is 9.59 Å². The molecule has 0 bridgehead atoms. The summed E-state index contributed by atoms with van der Waals surface area (Å²) in [6, 6.07) is 0. The Balaban J connectivity index is 2.43. The van der Waals surface area contributed by atoms with Crippen LogP contribution in [0.5, 0.6) is 0 Å². The molecule has 1 aliphatic carbocycles. The van der Waals surface area contributed by atoms with Crippen LogP contribution >= 0.6 is 15.9 Å². The van der Waals surface area contributed by atoms with Crippen molar-refractivity contribution in [2.75, 3.05) is 19.5 Å². The normalized spacial score (nSPS) is 28.1. The first kappa shape index (κ1) is 15.9. The Bertz CT molecular complexity index is 536. The SMILES string of the molecule is COC(=O)C1=C(O)[C@@H]2OC(CBr)=C(C(=O)OC)[C@@H]2CC1C. The third-order valence-electron chi connectivity index (χ3n) is 3.88. The number of aliphatic hydroxyl groups excluding tert-OH is 1. The number of halogens is 1. The molecule has 1 unspecified atom stereocenters. The van der Waals surface area contributed by atoms with Gasteiger partial charge in [-0.1, -0.05) is 22.9 Å². The number of fused-ring (bicyclic) bond motifs is 1. The van der Waals surface area contributed by atoms with Gasteiger partial charge in [0.2, 0.25) is 0 Å². The van der Waals surface area contributed by atoms with Crippen LogP contribution < -0.4 is 0 Å². The number of hydrogen-bond donors (Lipinski definition) is 1. The van der Waals surface area contributed by atoms with Crippen LogP contribution in [0.1, 0.15) is 13.3 Å². The summed E-state index contributed by atoms with van der Waals surface area (Å²) in [4.78, 5) is 23.7. The summed E-state index contributed by atoms with van der Waals surface area (Å²) < 4.78 is 15.1. The molecule has 7 heteroatoms. The molecular formula is C14H17BrO6. The molecule has 0 aromatic carbocycles. The lowest BCUT2D eigenvalue weighted by molar-refractivity contribution is -0.137. The lowest BCUT2D eigenvalue weighted by Crippen LogP contribution is -2.34. The van der Waals surface area contributed by atoms with Crippen molar-refractivity contribution in [1.29, 1.82) is 0 Å². The average molecular weight is 361 g/mol. The fourth-order valence-corrected chi connectivity index (χ4v) is 3.38. The first-order chi connectivity index (χ1) is 9.96. The van der Waals surface area contributed by atoms with E-state index in [9.17, 15) is 14.7 Å². The standard InChI is InChI=1S/C14H17BrO6/c1-6-4-7-10(14(18)20-3)8(5-15)21-12(7)11(16)9(6)13(17)19-2/h6-7,12,16H,4-5H2,1-3H3/t6?,7-,12+/m0/s1. The Morgan fingerprint density at radius 3 is 2.38 bits per heavy atom. The minimum absolute atomic E-state index is 0.164. The van der Waals surface area contributed by atoms with Gasteiger partial charge in [-0.05, 0) is 12.3 Å². The Kier molecular flexibility index (Phi) is 4.61. The highest BCUT2D eigenvalue weighted by Gasteiger charge is 2.48. The van der Waals surface area contributed by atoms with E-state index in [1.165, 1.54) is 14.2 Å². The maximum atomic E-state index is 12.0. The molecule has 0 radical (unpaired) electrons. The average Bonchev–Trinajstić information content (AvgIpc) is 2.84. The molecule has 0 aromatic rings. The highest BCUT2D eigenvalue weighted by atomic mass is 79.9. The molecule has 0 aromatic heterocycles. The number of alkyl halides is 1. The van der Waals surface area contributed by atoms with Crippen LogP contribution in [0, 0.1) is 11.8 Å². The van der Waals surface area contributed by atoms with Crippen molar-refractivity contribution >= 4 is 27.9 Å². The van der Waals surface area contributed by atoms with E-state index >= 15 is 0 Å². The first-order valence-corrected chi connectivity index (χ1v) is 7.63. The van der Waals surface area contributed by atoms with Crippen molar-refractivity contribution in [2.24, 2.45) is 11.8 Å². The van der Waals surface area contributed by atoms with E-state index in [2.05, 4.69) is 15.9 Å². The molecule has 0 saturated heterocycles. The van der Waals surface area contributed by atoms with Crippen LogP contribution in [-0.2, 0) is 23.8 Å². The van der Waals surface area contributed by atoms with Crippen molar-refractivity contribution in [3.63, 3.8) is 0 Å². The largest absolute Gasteiger partial charge is 0.508 e. The Hall–Kier alpha value is -1.50. The number of esters is 2. The zero-order valence-electron chi connectivity index (χ0n) is 12.0. The minimum atomic E-state index is -0.739. The van der Waals surface area contributed by atoms with Gasteiger partial charge in [0.25, 0.3) is 0 Å². The second-order valence-electron chi connectivity index (χ2n) is 5.03. The van der Waals surface area contributed by atoms with Crippen LogP contribution in [0.3, 0.4) is 0 Å². The molecular weight excluding hydrogens is 344 g/mol. The Morgan fingerprint density at radius 1 is 1.29 bits per heavy atom. The Morgan fingerprint density at radius 2 is 1.86 bits per heavy atom. The molecule has 1 aliphatic heterocycles. The molecule has 116 valence electrons. The third-order valence-corrected chi connectivity index (χ3v) is 4.39. The van der Waals surface area contributed by atoms with E-state index in [0.717, 1.165) is 0 Å². The minimum Gasteiger partial charge on any atom is -0.508 e. The van der Waals surface area contributed by atoms with E-state index in [1.54, 1.807) is 6.92 Å². The lowest BCUT2D eigenvalue weighted by Gasteiger charge is -2.30. The number of rotatable bonds is 3. The highest BCUT2D eigenvalue weighted by molar-refractivity contribution is 9.09. The molecule has 3 atom stereocenters. The highest BCUT2D eigenvalue weighted by Crippen LogP contribution is 2.45. The summed E-state index contributed by atoms with van der Waals surface area (Å²) in [5.41, 5.74) is 0.625. The first-order valence-electron chi connectivity index (χ1n) is 6.51. The van der Waals surface area contributed by atoms with Gasteiger partial charge >= 0.3 is 11.9 Å². The zero-order chi connectivity index (χ0) is 15.7. The zero-order valence-corrected chi connectivity index (χ0v) is 13.6. The fraction of sp³-hybridized carbons (Fsp3) is 0.571. The van der Waals surface area contributed by atoms with Gasteiger partial charge in [0.05, 0.1) is 30.7 Å². The summed E-state index contributed by atoms with van der Waals surface area (Å²) in [5, 5.41) is 10.7. The molecule has 1 N–H and O–H groups in total. The second kappa shape index (κ2) is 6.09. The van der Waals surface area contributed by atoms with E-state index in [4.69, 9.17) is 14.2 Å². The second-order valence-corrected chi connectivity index (χ2v) is 5.59. The quantitative estimate of drug-likeness (QED) is 0.610. The summed E-state index contributed by atoms with van der Waals surface area (Å²) >= 11 is 3.26. The number of hydrogen-bond acceptors (Lipinski definition) is 6. The monoisotopic (exact) mass is 360 g/mol. The van der Waals surface area contributed by atoms with Crippen molar-refractivity contribution in [3.05, 3.63) is 22.7 Å². The molecule has 0 saturated carbocycles. The molecule has 6 nitrogen and oxygen atoms in total. The van der Waals surface area contributed by atoms with Gasteiger partial charge in [0.15, 0.2) is 6.10 Å². The predicted octanol–water partition coefficient (Wildman–Crippen LogP) is 1.85. The van der Waals surface area contributed by atoms with Gasteiger partial charge < -0.3 is 19.3 Å². The van der Waals surface area contributed by atoms with Crippen molar-refractivity contribution < 1.29 is 28.9 Å². The summed E-state index contributed by atoms with van der Waals surface area (Å²) in [6.45, 7) is 1.81. The van der Waals surface area contributed by atoms with Gasteiger partial charge in [0.1, 0.15) is 11.5 Å². The van der Waals surface area contributed by atoms with Crippen molar-refractivity contribution in [2.45, 2.75) is 19.4 Å². The van der Waals surface area contributed by atoms with Crippen molar-refractivity contribution in [1.82, 2.24) is 0 Å². The predicted molar refractivity (Wildman–Crippen MR) is 76.7 cm³/mol. The molecule has 1 heterocycles. The van der Waals surface area contributed by atoms with Crippen molar-refractivity contribution in [3.8, 4) is 0 Å². The maximum Gasteiger partial charge on any atom is 0.337 e. The summed E-state index contributed by atoms with van der Waals surface area (Å²) in [6.07, 6.45) is -0.239. The smallest absolute Gasteiger partial charge is 0.337 e. The number of carbonyl (C=O) groups is 2. The van der Waals surface area contributed by atoms with Gasteiger partial charge in [-0.3, -0.25) is 0 Å². The van der Waals surface area contributed by atoms with Crippen LogP contribution in [0.25, 0.3) is 0 Å². The molecule has 0 spiro atoms. The molecule has 0 amide bonds. The summed E-state index contributed by atoms with van der Waals surface area (Å²) in [5.74, 6) is -1.35. The number of aliphatic hydroxyl groups is 1. The maximum absolute atomic E-state index is 12.0. The van der Waals surface area contributed by atoms with Crippen LogP contribution in [0.15, 0.2) is 22.7 Å². The van der Waals surface area contributed by atoms with Crippen LogP contribution in [-0.4, -0.2) is 42.7 Å². The number of ether oxygens (including phenoxy) is 3. The number of methoxy groups -OCH3 is 2. The number of allylic oxidation sites excluding steroid dienone is 1. The van der Waals surface area contributed by atoms with Gasteiger partial charge in [0, 0.05) is 5.92 Å². The number of carbonyl (C=O) groups excluding carboxylic acids is 2. The third kappa shape index (κ3) is 2.54. The fourth-order valence-electron chi connectivity index (χ4n) is 2.94. The molecule has 21 heavy (non-hydrogen) atoms.